The molecule has 23 heavy (non-hydrogen) atoms. The molecule has 2 aromatic carbocycles. The van der Waals surface area contributed by atoms with Crippen LogP contribution in [0.15, 0.2) is 60.7 Å². The lowest BCUT2D eigenvalue weighted by molar-refractivity contribution is 0.227. The van der Waals surface area contributed by atoms with Gasteiger partial charge in [-0.1, -0.05) is 60.7 Å². The van der Waals surface area contributed by atoms with Crippen molar-refractivity contribution in [3.05, 3.63) is 71.8 Å². The fourth-order valence-electron chi connectivity index (χ4n) is 3.42. The molecule has 1 fully saturated rings. The maximum atomic E-state index is 2.66. The molecule has 0 radical (unpaired) electrons. The second-order valence-electron chi connectivity index (χ2n) is 6.81. The first-order chi connectivity index (χ1) is 11.1. The van der Waals surface area contributed by atoms with E-state index < -0.39 is 0 Å². The van der Waals surface area contributed by atoms with E-state index in [2.05, 4.69) is 97.7 Å². The van der Waals surface area contributed by atoms with Crippen LogP contribution in [0.3, 0.4) is 0 Å². The molecule has 3 rings (SSSR count). The van der Waals surface area contributed by atoms with Gasteiger partial charge >= 0.3 is 0 Å². The third kappa shape index (κ3) is 3.35. The fraction of sp³-hybridized carbons (Fsp3) is 0.400. The number of nitrogens with zero attached hydrogens (tertiary/aromatic N) is 2. The Morgan fingerprint density at radius 1 is 0.652 bits per heavy atom. The third-order valence-corrected chi connectivity index (χ3v) is 6.58. The molecule has 0 saturated carbocycles. The lowest BCUT2D eigenvalue weighted by Crippen LogP contribution is -2.29. The van der Waals surface area contributed by atoms with Gasteiger partial charge in [0.15, 0.2) is 0 Å². The monoisotopic (exact) mass is 326 g/mol. The van der Waals surface area contributed by atoms with Crippen LogP contribution in [0.4, 0.5) is 0 Å². The Labute approximate surface area is 142 Å². The van der Waals surface area contributed by atoms with E-state index in [4.69, 9.17) is 0 Å². The summed E-state index contributed by atoms with van der Waals surface area (Å²) in [5.41, 5.74) is 2.84. The molecule has 1 saturated heterocycles. The maximum absolute atomic E-state index is 2.66. The number of benzene rings is 2. The predicted molar refractivity (Wildman–Crippen MR) is 101 cm³/mol. The number of hydrogen-bond acceptors (Lipinski definition) is 2. The maximum Gasteiger partial charge on any atom is 0.0597 e. The van der Waals surface area contributed by atoms with Crippen LogP contribution in [-0.2, 0) is 0 Å². The Morgan fingerprint density at radius 3 is 1.30 bits per heavy atom. The van der Waals surface area contributed by atoms with Gasteiger partial charge in [-0.25, -0.2) is 0 Å². The van der Waals surface area contributed by atoms with Crippen LogP contribution in [0.5, 0.6) is 0 Å². The van der Waals surface area contributed by atoms with E-state index >= 15 is 0 Å². The zero-order valence-corrected chi connectivity index (χ0v) is 15.5. The van der Waals surface area contributed by atoms with Gasteiger partial charge in [0.05, 0.1) is 12.1 Å². The van der Waals surface area contributed by atoms with Crippen molar-refractivity contribution in [2.75, 3.05) is 0 Å². The van der Waals surface area contributed by atoms with Gasteiger partial charge in [-0.15, -0.1) is 0 Å². The Morgan fingerprint density at radius 2 is 1.00 bits per heavy atom. The Balaban J connectivity index is 2.08. The Hall–Kier alpha value is -1.21. The van der Waals surface area contributed by atoms with Crippen LogP contribution in [-0.4, -0.2) is 21.4 Å². The molecule has 0 N–H and O–H groups in total. The number of rotatable bonds is 4. The zero-order valence-electron chi connectivity index (χ0n) is 14.5. The van der Waals surface area contributed by atoms with Gasteiger partial charge in [0, 0.05) is 21.0 Å². The van der Waals surface area contributed by atoms with Crippen molar-refractivity contribution in [1.29, 1.82) is 0 Å². The molecule has 1 heterocycles. The molecule has 0 amide bonds. The second-order valence-corrected chi connectivity index (χ2v) is 8.05. The molecule has 1 aliphatic rings. The van der Waals surface area contributed by atoms with Gasteiger partial charge in [0.25, 0.3) is 0 Å². The first-order valence-electron chi connectivity index (χ1n) is 8.52. The van der Waals surface area contributed by atoms with Crippen molar-refractivity contribution in [3.8, 4) is 0 Å². The van der Waals surface area contributed by atoms with Crippen LogP contribution in [0.1, 0.15) is 50.9 Å². The molecule has 0 aliphatic carbocycles. The largest absolute Gasteiger partial charge is 0.260 e. The fourth-order valence-corrected chi connectivity index (χ4v) is 4.98. The van der Waals surface area contributed by atoms with E-state index in [-0.39, 0.29) is 0 Å². The lowest BCUT2D eigenvalue weighted by atomic mass is 9.92. The highest BCUT2D eigenvalue weighted by Gasteiger charge is 2.43. The highest BCUT2D eigenvalue weighted by molar-refractivity contribution is 7.32. The minimum atomic E-state index is 0.416. The van der Waals surface area contributed by atoms with E-state index in [0.29, 0.717) is 24.2 Å². The standard InChI is InChI=1S/C20H27N2P/c1-15(2)21-19(17-11-7-5-8-12-17)20(22(23-21)16(3)4)18-13-9-6-10-14-18/h5-16,19-20,23H,1-4H3/t19-,20-/m0/s1. The van der Waals surface area contributed by atoms with Crippen molar-refractivity contribution in [1.82, 2.24) is 9.34 Å². The summed E-state index contributed by atoms with van der Waals surface area (Å²) in [6.07, 6.45) is 0. The average molecular weight is 326 g/mol. The summed E-state index contributed by atoms with van der Waals surface area (Å²) in [6.45, 7) is 9.26. The molecule has 2 nitrogen and oxygen atoms in total. The molecule has 3 heteroatoms. The summed E-state index contributed by atoms with van der Waals surface area (Å²) in [4.78, 5) is 0. The zero-order chi connectivity index (χ0) is 16.4. The van der Waals surface area contributed by atoms with Crippen LogP contribution >= 0.6 is 8.88 Å². The molecule has 0 bridgehead atoms. The smallest absolute Gasteiger partial charge is 0.0597 e. The van der Waals surface area contributed by atoms with E-state index in [1.165, 1.54) is 11.1 Å². The van der Waals surface area contributed by atoms with Gasteiger partial charge in [0.1, 0.15) is 0 Å². The summed E-state index contributed by atoms with van der Waals surface area (Å²) in [7, 11) is 0.730. The van der Waals surface area contributed by atoms with Gasteiger partial charge in [-0.2, -0.15) is 0 Å². The van der Waals surface area contributed by atoms with Crippen molar-refractivity contribution in [2.24, 2.45) is 0 Å². The van der Waals surface area contributed by atoms with Crippen LogP contribution in [0, 0.1) is 0 Å². The lowest BCUT2D eigenvalue weighted by Gasteiger charge is -2.31. The summed E-state index contributed by atoms with van der Waals surface area (Å²) in [5.74, 6) is 0. The Kier molecular flexibility index (Phi) is 5.16. The minimum Gasteiger partial charge on any atom is -0.260 e. The molecule has 2 aromatic rings. The van der Waals surface area contributed by atoms with E-state index in [1.54, 1.807) is 0 Å². The summed E-state index contributed by atoms with van der Waals surface area (Å²) < 4.78 is 5.32. The van der Waals surface area contributed by atoms with Crippen molar-refractivity contribution in [3.63, 3.8) is 0 Å². The molecule has 0 spiro atoms. The molecule has 122 valence electrons. The predicted octanol–water partition coefficient (Wildman–Crippen LogP) is 5.41. The molecule has 1 aliphatic heterocycles. The van der Waals surface area contributed by atoms with Crippen molar-refractivity contribution >= 4 is 8.88 Å². The number of hydrogen-bond donors (Lipinski definition) is 0. The molecule has 0 aromatic heterocycles. The van der Waals surface area contributed by atoms with E-state index in [0.717, 1.165) is 8.88 Å². The van der Waals surface area contributed by atoms with Gasteiger partial charge in [0.2, 0.25) is 0 Å². The first kappa shape index (κ1) is 16.6. The second kappa shape index (κ2) is 7.13. The van der Waals surface area contributed by atoms with Gasteiger partial charge < -0.3 is 0 Å². The summed E-state index contributed by atoms with van der Waals surface area (Å²) in [6, 6.07) is 23.9. The van der Waals surface area contributed by atoms with Crippen LogP contribution < -0.4 is 0 Å². The quantitative estimate of drug-likeness (QED) is 0.693. The third-order valence-electron chi connectivity index (χ3n) is 4.52. The molecular weight excluding hydrogens is 299 g/mol. The molecule has 2 atom stereocenters. The highest BCUT2D eigenvalue weighted by Crippen LogP contribution is 2.56. The molecular formula is C20H27N2P. The van der Waals surface area contributed by atoms with Crippen molar-refractivity contribution < 1.29 is 0 Å². The minimum absolute atomic E-state index is 0.416. The van der Waals surface area contributed by atoms with E-state index in [9.17, 15) is 0 Å². The van der Waals surface area contributed by atoms with Gasteiger partial charge in [-0.05, 0) is 38.8 Å². The van der Waals surface area contributed by atoms with Gasteiger partial charge in [-0.3, -0.25) is 9.34 Å². The normalized spacial score (nSPS) is 23.0. The first-order valence-corrected chi connectivity index (χ1v) is 9.42. The topological polar surface area (TPSA) is 6.48 Å². The SMILES string of the molecule is CC(C)N1PN(C(C)C)[C@@H](c2ccccc2)[C@@H]1c1ccccc1. The summed E-state index contributed by atoms with van der Waals surface area (Å²) >= 11 is 0. The van der Waals surface area contributed by atoms with E-state index in [1.807, 2.05) is 0 Å². The molecule has 0 unspecified atom stereocenters. The van der Waals surface area contributed by atoms with Crippen LogP contribution in [0.2, 0.25) is 0 Å². The van der Waals surface area contributed by atoms with Crippen molar-refractivity contribution in [2.45, 2.75) is 51.9 Å². The highest BCUT2D eigenvalue weighted by atomic mass is 31.1. The van der Waals surface area contributed by atoms with Crippen LogP contribution in [0.25, 0.3) is 0 Å². The summed E-state index contributed by atoms with van der Waals surface area (Å²) in [5, 5.41) is 0. The Bertz CT molecular complexity index is 557. The average Bonchev–Trinajstić information content (AvgIpc) is 2.97.